The van der Waals surface area contributed by atoms with Crippen molar-refractivity contribution >= 4 is 24.3 Å². The van der Waals surface area contributed by atoms with Crippen LogP contribution in [0.3, 0.4) is 0 Å². The van der Waals surface area contributed by atoms with Crippen LogP contribution in [0.25, 0.3) is 10.9 Å². The molecule has 2 fully saturated rings. The number of rotatable bonds is 5. The van der Waals surface area contributed by atoms with Crippen molar-refractivity contribution in [3.05, 3.63) is 23.8 Å². The molecule has 0 saturated carbocycles. The molecule has 4 rings (SSSR count). The number of nitrogens with one attached hydrogen (secondary N) is 1. The van der Waals surface area contributed by atoms with E-state index < -0.39 is 14.7 Å². The number of fused-ring (bicyclic) bond motifs is 2. The largest absolute Gasteiger partial charge is 0.435 e. The lowest BCUT2D eigenvalue weighted by molar-refractivity contribution is -0.0497. The zero-order valence-corrected chi connectivity index (χ0v) is 15.1. The van der Waals surface area contributed by atoms with Gasteiger partial charge < -0.3 is 14.5 Å². The average molecular weight is 352 g/mol. The van der Waals surface area contributed by atoms with Gasteiger partial charge in [-0.25, -0.2) is 0 Å². The molecule has 1 N–H and O–H groups in total. The number of alkyl halides is 2. The number of H-pyrrole nitrogens is 1. The minimum Gasteiger partial charge on any atom is -0.435 e. The molecule has 2 aliphatic rings. The lowest BCUT2D eigenvalue weighted by Crippen LogP contribution is -2.41. The number of halogens is 2. The molecule has 4 nitrogen and oxygen atoms in total. The van der Waals surface area contributed by atoms with Crippen molar-refractivity contribution in [2.45, 2.75) is 44.9 Å². The lowest BCUT2D eigenvalue weighted by atomic mass is 10.1. The Kier molecular flexibility index (Phi) is 3.70. The molecule has 7 heteroatoms. The topological polar surface area (TPSA) is 37.3 Å². The number of aromatic amines is 1. The highest BCUT2D eigenvalue weighted by Crippen LogP contribution is 2.37. The molecular formula is C17H22F2N2O2Si. The Hall–Kier alpha value is -1.44. The van der Waals surface area contributed by atoms with Crippen LogP contribution in [-0.4, -0.2) is 50.0 Å². The molecule has 2 aliphatic heterocycles. The van der Waals surface area contributed by atoms with E-state index >= 15 is 0 Å². The number of morpholine rings is 1. The van der Waals surface area contributed by atoms with Gasteiger partial charge in [0.05, 0.1) is 20.7 Å². The maximum atomic E-state index is 12.5. The molecule has 1 aromatic heterocycles. The first-order chi connectivity index (χ1) is 11.3. The Morgan fingerprint density at radius 1 is 1.38 bits per heavy atom. The second-order valence-electron chi connectivity index (χ2n) is 7.59. The van der Waals surface area contributed by atoms with Crippen LogP contribution in [0.2, 0.25) is 19.6 Å². The molecule has 1 aromatic carbocycles. The fourth-order valence-corrected chi connectivity index (χ4v) is 5.42. The van der Waals surface area contributed by atoms with Crippen LogP contribution in [-0.2, 0) is 11.2 Å². The average Bonchev–Trinajstić information content (AvgIpc) is 2.87. The standard InChI is InChI=1S/C17H22F2N2O2Si/c1-24(2,3)15-12(9-14-16-21(14)6-7-22-16)11-8-10(23-17(18)19)4-5-13(11)20-15/h4-5,8,14,16-17,20H,6-7,9H2,1-3H3. The van der Waals surface area contributed by atoms with Gasteiger partial charge in [0.25, 0.3) is 0 Å². The summed E-state index contributed by atoms with van der Waals surface area (Å²) in [7, 11) is -1.59. The molecular weight excluding hydrogens is 330 g/mol. The molecule has 3 heterocycles. The third-order valence-corrected chi connectivity index (χ3v) is 6.82. The van der Waals surface area contributed by atoms with E-state index in [4.69, 9.17) is 4.74 Å². The van der Waals surface area contributed by atoms with Gasteiger partial charge in [-0.2, -0.15) is 8.78 Å². The predicted octanol–water partition coefficient (Wildman–Crippen LogP) is 2.90. The van der Waals surface area contributed by atoms with Gasteiger partial charge in [-0.15, -0.1) is 0 Å². The Morgan fingerprint density at radius 3 is 2.79 bits per heavy atom. The molecule has 0 bridgehead atoms. The van der Waals surface area contributed by atoms with Crippen molar-refractivity contribution in [1.29, 1.82) is 0 Å². The quantitative estimate of drug-likeness (QED) is 0.664. The lowest BCUT2D eigenvalue weighted by Gasteiger charge is -2.17. The molecule has 130 valence electrons. The summed E-state index contributed by atoms with van der Waals surface area (Å²) in [6.45, 7) is 5.87. The smallest absolute Gasteiger partial charge is 0.387 e. The minimum atomic E-state index is -2.80. The van der Waals surface area contributed by atoms with Crippen LogP contribution < -0.4 is 10.1 Å². The van der Waals surface area contributed by atoms with Crippen molar-refractivity contribution < 1.29 is 18.3 Å². The van der Waals surface area contributed by atoms with Gasteiger partial charge in [0.15, 0.2) is 0 Å². The number of benzene rings is 1. The number of aromatic nitrogens is 1. The van der Waals surface area contributed by atoms with E-state index in [9.17, 15) is 8.78 Å². The zero-order valence-electron chi connectivity index (χ0n) is 14.1. The summed E-state index contributed by atoms with van der Waals surface area (Å²) in [4.78, 5) is 5.90. The highest BCUT2D eigenvalue weighted by Gasteiger charge is 2.52. The number of hydrogen-bond donors (Lipinski definition) is 1. The highest BCUT2D eigenvalue weighted by molar-refractivity contribution is 6.88. The van der Waals surface area contributed by atoms with Crippen LogP contribution in [0.1, 0.15) is 5.56 Å². The van der Waals surface area contributed by atoms with Crippen molar-refractivity contribution in [2.24, 2.45) is 0 Å². The molecule has 0 radical (unpaired) electrons. The van der Waals surface area contributed by atoms with Gasteiger partial charge in [-0.1, -0.05) is 19.6 Å². The highest BCUT2D eigenvalue weighted by atomic mass is 28.3. The SMILES string of the molecule is C[Si](C)(C)c1[nH]c2ccc(OC(F)F)cc2c1CC1C2OCCN12. The van der Waals surface area contributed by atoms with Crippen molar-refractivity contribution in [1.82, 2.24) is 9.88 Å². The molecule has 0 amide bonds. The third kappa shape index (κ3) is 2.74. The first-order valence-corrected chi connectivity index (χ1v) is 11.8. The van der Waals surface area contributed by atoms with E-state index in [0.29, 0.717) is 6.04 Å². The minimum absolute atomic E-state index is 0.215. The second-order valence-corrected chi connectivity index (χ2v) is 12.6. The molecule has 0 aliphatic carbocycles. The van der Waals surface area contributed by atoms with Gasteiger partial charge in [0.2, 0.25) is 0 Å². The van der Waals surface area contributed by atoms with Crippen LogP contribution in [0.15, 0.2) is 18.2 Å². The molecule has 2 aromatic rings. The molecule has 0 spiro atoms. The van der Waals surface area contributed by atoms with E-state index in [0.717, 1.165) is 30.5 Å². The summed E-state index contributed by atoms with van der Waals surface area (Å²) < 4.78 is 35.4. The Balaban J connectivity index is 1.74. The third-order valence-electron chi connectivity index (χ3n) is 4.90. The number of ether oxygens (including phenoxy) is 2. The van der Waals surface area contributed by atoms with Gasteiger partial charge in [-0.05, 0) is 30.2 Å². The summed E-state index contributed by atoms with van der Waals surface area (Å²) in [5.74, 6) is 0.215. The Morgan fingerprint density at radius 2 is 2.17 bits per heavy atom. The molecule has 24 heavy (non-hydrogen) atoms. The van der Waals surface area contributed by atoms with Crippen LogP contribution >= 0.6 is 0 Å². The summed E-state index contributed by atoms with van der Waals surface area (Å²) in [5, 5.41) is 2.29. The first-order valence-electron chi connectivity index (χ1n) is 8.32. The van der Waals surface area contributed by atoms with Crippen LogP contribution in [0.4, 0.5) is 8.78 Å². The molecule has 2 saturated heterocycles. The van der Waals surface area contributed by atoms with Crippen molar-refractivity contribution in [3.8, 4) is 5.75 Å². The van der Waals surface area contributed by atoms with Gasteiger partial charge >= 0.3 is 6.61 Å². The van der Waals surface area contributed by atoms with E-state index in [-0.39, 0.29) is 12.0 Å². The maximum absolute atomic E-state index is 12.5. The van der Waals surface area contributed by atoms with Crippen LogP contribution in [0, 0.1) is 0 Å². The van der Waals surface area contributed by atoms with Gasteiger partial charge in [0.1, 0.15) is 12.0 Å². The summed E-state index contributed by atoms with van der Waals surface area (Å²) >= 11 is 0. The van der Waals surface area contributed by atoms with E-state index in [1.165, 1.54) is 10.9 Å². The van der Waals surface area contributed by atoms with Gasteiger partial charge in [0, 0.05) is 22.8 Å². The van der Waals surface area contributed by atoms with Crippen molar-refractivity contribution in [3.63, 3.8) is 0 Å². The fourth-order valence-electron chi connectivity index (χ4n) is 3.76. The first kappa shape index (κ1) is 16.0. The van der Waals surface area contributed by atoms with Crippen LogP contribution in [0.5, 0.6) is 5.75 Å². The fraction of sp³-hybridized carbons (Fsp3) is 0.529. The zero-order chi connectivity index (χ0) is 17.1. The van der Waals surface area contributed by atoms with E-state index in [1.54, 1.807) is 12.1 Å². The predicted molar refractivity (Wildman–Crippen MR) is 91.8 cm³/mol. The normalized spacial score (nSPS) is 26.2. The van der Waals surface area contributed by atoms with E-state index in [1.807, 2.05) is 6.07 Å². The number of hydrogen-bond acceptors (Lipinski definition) is 3. The Labute approximate surface area is 140 Å². The maximum Gasteiger partial charge on any atom is 0.387 e. The Bertz CT molecular complexity index is 762. The molecule has 3 unspecified atom stereocenters. The summed E-state index contributed by atoms with van der Waals surface area (Å²) in [6.07, 6.45) is 1.13. The van der Waals surface area contributed by atoms with Gasteiger partial charge in [-0.3, -0.25) is 4.90 Å². The monoisotopic (exact) mass is 352 g/mol. The summed E-state index contributed by atoms with van der Waals surface area (Å²) in [5.41, 5.74) is 2.23. The molecule has 3 atom stereocenters. The summed E-state index contributed by atoms with van der Waals surface area (Å²) in [6, 6.07) is 5.59. The van der Waals surface area contributed by atoms with E-state index in [2.05, 4.69) is 34.3 Å². The second kappa shape index (κ2) is 5.54. The number of nitrogens with zero attached hydrogens (tertiary/aromatic N) is 1. The van der Waals surface area contributed by atoms with Crippen molar-refractivity contribution in [2.75, 3.05) is 13.2 Å².